The molecule has 0 saturated carbocycles. The second kappa shape index (κ2) is 5.38. The normalized spacial score (nSPS) is 14.0. The lowest BCUT2D eigenvalue weighted by atomic mass is 10.4. The third-order valence-electron chi connectivity index (χ3n) is 1.65. The van der Waals surface area contributed by atoms with Crippen molar-refractivity contribution in [3.8, 4) is 0 Å². The minimum absolute atomic E-state index is 0.00130. The van der Waals surface area contributed by atoms with E-state index in [1.165, 1.54) is 0 Å². The van der Waals surface area contributed by atoms with Crippen LogP contribution in [0.25, 0.3) is 0 Å². The first kappa shape index (κ1) is 12.3. The summed E-state index contributed by atoms with van der Waals surface area (Å²) in [7, 11) is -3.33. The summed E-state index contributed by atoms with van der Waals surface area (Å²) >= 11 is 5.41. The number of alkyl halides is 1. The number of hydrogen-bond acceptors (Lipinski definition) is 5. The van der Waals surface area contributed by atoms with Gasteiger partial charge in [-0.1, -0.05) is 5.21 Å². The van der Waals surface area contributed by atoms with Crippen LogP contribution in [0.1, 0.15) is 25.2 Å². The van der Waals surface area contributed by atoms with Crippen molar-refractivity contribution in [1.82, 2.24) is 25.3 Å². The minimum Gasteiger partial charge on any atom is -0.212 e. The molecular weight excluding hydrogens is 242 g/mol. The molecule has 0 aromatic carbocycles. The lowest BCUT2D eigenvalue weighted by Gasteiger charge is -2.09. The van der Waals surface area contributed by atoms with Crippen LogP contribution >= 0.6 is 11.6 Å². The Morgan fingerprint density at radius 1 is 1.60 bits per heavy atom. The maximum Gasteiger partial charge on any atom is 0.212 e. The zero-order chi connectivity index (χ0) is 11.3. The number of rotatable bonds is 6. The quantitative estimate of drug-likeness (QED) is 0.685. The SMILES string of the molecule is CC(NS(=O)(=O)CCCCl)c1nn[nH]n1. The van der Waals surface area contributed by atoms with E-state index in [1.807, 2.05) is 0 Å². The fourth-order valence-electron chi connectivity index (χ4n) is 0.979. The molecule has 1 aromatic heterocycles. The lowest BCUT2D eigenvalue weighted by molar-refractivity contribution is 0.559. The average Bonchev–Trinajstić information content (AvgIpc) is 2.67. The molecule has 86 valence electrons. The van der Waals surface area contributed by atoms with Crippen molar-refractivity contribution in [2.24, 2.45) is 0 Å². The number of H-pyrrole nitrogens is 1. The van der Waals surface area contributed by atoms with Gasteiger partial charge < -0.3 is 0 Å². The molecule has 1 unspecified atom stereocenters. The van der Waals surface area contributed by atoms with Gasteiger partial charge in [0, 0.05) is 5.88 Å². The molecular formula is C6H12ClN5O2S. The highest BCUT2D eigenvalue weighted by atomic mass is 35.5. The molecule has 1 atom stereocenters. The van der Waals surface area contributed by atoms with E-state index in [4.69, 9.17) is 11.6 Å². The van der Waals surface area contributed by atoms with E-state index in [1.54, 1.807) is 6.92 Å². The Balaban J connectivity index is 2.54. The minimum atomic E-state index is -3.33. The largest absolute Gasteiger partial charge is 0.212 e. The Labute approximate surface area is 92.6 Å². The second-order valence-corrected chi connectivity index (χ2v) is 5.22. The summed E-state index contributed by atoms with van der Waals surface area (Å²) in [6, 6.07) is -0.496. The fraction of sp³-hybridized carbons (Fsp3) is 0.833. The van der Waals surface area contributed by atoms with Crippen LogP contribution in [0, 0.1) is 0 Å². The monoisotopic (exact) mass is 253 g/mol. The summed E-state index contributed by atoms with van der Waals surface area (Å²) in [4.78, 5) is 0. The molecule has 0 aliphatic rings. The number of aromatic amines is 1. The lowest BCUT2D eigenvalue weighted by Crippen LogP contribution is -2.30. The van der Waals surface area contributed by atoms with Crippen LogP contribution in [0.5, 0.6) is 0 Å². The van der Waals surface area contributed by atoms with Gasteiger partial charge in [0.25, 0.3) is 0 Å². The van der Waals surface area contributed by atoms with E-state index in [2.05, 4.69) is 25.3 Å². The number of aromatic nitrogens is 4. The van der Waals surface area contributed by atoms with Gasteiger partial charge in [0.05, 0.1) is 11.8 Å². The molecule has 0 spiro atoms. The van der Waals surface area contributed by atoms with Crippen molar-refractivity contribution in [2.45, 2.75) is 19.4 Å². The van der Waals surface area contributed by atoms with Crippen molar-refractivity contribution >= 4 is 21.6 Å². The number of hydrogen-bond donors (Lipinski definition) is 2. The van der Waals surface area contributed by atoms with Crippen LogP contribution in [0.4, 0.5) is 0 Å². The molecule has 1 heterocycles. The van der Waals surface area contributed by atoms with E-state index in [0.717, 1.165) is 0 Å². The van der Waals surface area contributed by atoms with Crippen molar-refractivity contribution in [3.63, 3.8) is 0 Å². The molecule has 1 aromatic rings. The molecule has 15 heavy (non-hydrogen) atoms. The number of sulfonamides is 1. The van der Waals surface area contributed by atoms with Crippen LogP contribution in [0.15, 0.2) is 0 Å². The van der Waals surface area contributed by atoms with E-state index < -0.39 is 16.1 Å². The molecule has 9 heteroatoms. The Kier molecular flexibility index (Phi) is 4.43. The number of tetrazole rings is 1. The summed E-state index contributed by atoms with van der Waals surface area (Å²) in [6.45, 7) is 1.64. The Hall–Kier alpha value is -0.730. The molecule has 0 bridgehead atoms. The smallest absolute Gasteiger partial charge is 0.212 e. The zero-order valence-electron chi connectivity index (χ0n) is 8.14. The number of nitrogens with zero attached hydrogens (tertiary/aromatic N) is 3. The number of nitrogens with one attached hydrogen (secondary N) is 2. The molecule has 0 radical (unpaired) electrons. The highest BCUT2D eigenvalue weighted by Crippen LogP contribution is 2.06. The third-order valence-corrected chi connectivity index (χ3v) is 3.46. The summed E-state index contributed by atoms with van der Waals surface area (Å²) < 4.78 is 25.3. The van der Waals surface area contributed by atoms with Crippen molar-refractivity contribution in [1.29, 1.82) is 0 Å². The van der Waals surface area contributed by atoms with E-state index in [9.17, 15) is 8.42 Å². The van der Waals surface area contributed by atoms with Crippen molar-refractivity contribution < 1.29 is 8.42 Å². The summed E-state index contributed by atoms with van der Waals surface area (Å²) in [5.41, 5.74) is 0. The van der Waals surface area contributed by atoms with Gasteiger partial charge in [0.1, 0.15) is 0 Å². The topological polar surface area (TPSA) is 101 Å². The van der Waals surface area contributed by atoms with Crippen LogP contribution in [-0.2, 0) is 10.0 Å². The molecule has 0 amide bonds. The summed E-state index contributed by atoms with van der Waals surface area (Å²) in [5.74, 6) is 0.625. The second-order valence-electron chi connectivity index (χ2n) is 2.97. The van der Waals surface area contributed by atoms with Gasteiger partial charge in [-0.15, -0.1) is 21.8 Å². The van der Waals surface area contributed by atoms with E-state index in [0.29, 0.717) is 18.1 Å². The first-order chi connectivity index (χ1) is 7.05. The average molecular weight is 254 g/mol. The molecule has 0 saturated heterocycles. The first-order valence-electron chi connectivity index (χ1n) is 4.34. The van der Waals surface area contributed by atoms with Gasteiger partial charge in [0.2, 0.25) is 10.0 Å². The van der Waals surface area contributed by atoms with E-state index >= 15 is 0 Å². The maximum atomic E-state index is 11.4. The zero-order valence-corrected chi connectivity index (χ0v) is 9.72. The highest BCUT2D eigenvalue weighted by Gasteiger charge is 2.17. The van der Waals surface area contributed by atoms with E-state index in [-0.39, 0.29) is 5.75 Å². The Morgan fingerprint density at radius 2 is 2.33 bits per heavy atom. The molecule has 0 aliphatic carbocycles. The van der Waals surface area contributed by atoms with Gasteiger partial charge in [-0.05, 0) is 13.3 Å². The predicted molar refractivity (Wildman–Crippen MR) is 54.9 cm³/mol. The summed E-state index contributed by atoms with van der Waals surface area (Å²) in [6.07, 6.45) is 0.413. The molecule has 0 aliphatic heterocycles. The van der Waals surface area contributed by atoms with Gasteiger partial charge >= 0.3 is 0 Å². The molecule has 1 rings (SSSR count). The Bertz CT molecular complexity index is 378. The molecule has 2 N–H and O–H groups in total. The third kappa shape index (κ3) is 4.10. The standard InChI is InChI=1S/C6H12ClN5O2S/c1-5(6-8-11-12-9-6)10-15(13,14)4-2-3-7/h5,10H,2-4H2,1H3,(H,8,9,11,12). The van der Waals surface area contributed by atoms with Crippen LogP contribution in [-0.4, -0.2) is 40.7 Å². The van der Waals surface area contributed by atoms with Crippen LogP contribution in [0.2, 0.25) is 0 Å². The predicted octanol–water partition coefficient (Wildman–Crippen LogP) is -0.191. The Morgan fingerprint density at radius 3 is 2.87 bits per heavy atom. The first-order valence-corrected chi connectivity index (χ1v) is 6.53. The van der Waals surface area contributed by atoms with Gasteiger partial charge in [0.15, 0.2) is 5.82 Å². The van der Waals surface area contributed by atoms with Gasteiger partial charge in [-0.3, -0.25) is 0 Å². The van der Waals surface area contributed by atoms with Crippen molar-refractivity contribution in [2.75, 3.05) is 11.6 Å². The summed E-state index contributed by atoms with van der Waals surface area (Å²) in [5, 5.41) is 13.0. The highest BCUT2D eigenvalue weighted by molar-refractivity contribution is 7.89. The maximum absolute atomic E-state index is 11.4. The molecule has 0 fully saturated rings. The van der Waals surface area contributed by atoms with Gasteiger partial charge in [-0.2, -0.15) is 5.21 Å². The number of halogens is 1. The van der Waals surface area contributed by atoms with Crippen LogP contribution < -0.4 is 4.72 Å². The molecule has 7 nitrogen and oxygen atoms in total. The fourth-order valence-corrected chi connectivity index (χ4v) is 2.56. The van der Waals surface area contributed by atoms with Crippen LogP contribution in [0.3, 0.4) is 0 Å². The van der Waals surface area contributed by atoms with Gasteiger partial charge in [-0.25, -0.2) is 13.1 Å². The van der Waals surface area contributed by atoms with Crippen molar-refractivity contribution in [3.05, 3.63) is 5.82 Å².